The van der Waals surface area contributed by atoms with Crippen LogP contribution < -0.4 is 0 Å². The second-order valence-electron chi connectivity index (χ2n) is 4.55. The van der Waals surface area contributed by atoms with Crippen molar-refractivity contribution in [3.63, 3.8) is 0 Å². The van der Waals surface area contributed by atoms with E-state index in [1.54, 1.807) is 6.92 Å². The fourth-order valence-corrected chi connectivity index (χ4v) is 1.60. The lowest BCUT2D eigenvalue weighted by atomic mass is 9.96. The second kappa shape index (κ2) is 7.78. The summed E-state index contributed by atoms with van der Waals surface area (Å²) in [6.45, 7) is 9.93. The molecule has 14 heavy (non-hydrogen) atoms. The molecule has 0 bridgehead atoms. The van der Waals surface area contributed by atoms with Crippen LogP contribution in [0.4, 0.5) is 0 Å². The van der Waals surface area contributed by atoms with Crippen LogP contribution in [0.1, 0.15) is 59.3 Å². The van der Waals surface area contributed by atoms with Crippen LogP contribution in [0.2, 0.25) is 0 Å². The minimum atomic E-state index is 0.319. The monoisotopic (exact) mass is 196 g/mol. The molecule has 1 nitrogen and oxygen atoms in total. The molecule has 0 aromatic rings. The molecule has 0 radical (unpaired) electrons. The summed E-state index contributed by atoms with van der Waals surface area (Å²) in [6.07, 6.45) is 6.67. The Balaban J connectivity index is 3.32. The van der Waals surface area contributed by atoms with Crippen molar-refractivity contribution >= 4 is 5.78 Å². The van der Waals surface area contributed by atoms with Gasteiger partial charge in [-0.05, 0) is 39.0 Å². The van der Waals surface area contributed by atoms with Crippen LogP contribution in [0.5, 0.6) is 0 Å². The Hall–Kier alpha value is -0.590. The third kappa shape index (κ3) is 9.50. The van der Waals surface area contributed by atoms with Gasteiger partial charge in [0.15, 0.2) is 0 Å². The lowest BCUT2D eigenvalue weighted by Crippen LogP contribution is -1.97. The normalized spacial score (nSPS) is 12.5. The van der Waals surface area contributed by atoms with Crippen molar-refractivity contribution in [2.45, 2.75) is 59.3 Å². The number of rotatable bonds is 8. The first-order valence-electron chi connectivity index (χ1n) is 5.66. The van der Waals surface area contributed by atoms with Crippen LogP contribution in [0.3, 0.4) is 0 Å². The SMILES string of the molecule is C=C(C)CCCC(C)CCCC(C)=O. The number of hydrogen-bond acceptors (Lipinski definition) is 1. The van der Waals surface area contributed by atoms with Gasteiger partial charge >= 0.3 is 0 Å². The fourth-order valence-electron chi connectivity index (χ4n) is 1.60. The van der Waals surface area contributed by atoms with Crippen LogP contribution in [-0.2, 0) is 4.79 Å². The van der Waals surface area contributed by atoms with E-state index in [0.29, 0.717) is 5.78 Å². The Morgan fingerprint density at radius 2 is 1.64 bits per heavy atom. The minimum Gasteiger partial charge on any atom is -0.300 e. The van der Waals surface area contributed by atoms with E-state index in [2.05, 4.69) is 20.4 Å². The fraction of sp³-hybridized carbons (Fsp3) is 0.769. The summed E-state index contributed by atoms with van der Waals surface area (Å²) in [7, 11) is 0. The second-order valence-corrected chi connectivity index (χ2v) is 4.55. The van der Waals surface area contributed by atoms with Crippen LogP contribution in [-0.4, -0.2) is 5.78 Å². The van der Waals surface area contributed by atoms with E-state index in [-0.39, 0.29) is 0 Å². The smallest absolute Gasteiger partial charge is 0.129 e. The van der Waals surface area contributed by atoms with Gasteiger partial charge in [0.25, 0.3) is 0 Å². The molecular formula is C13H24O. The summed E-state index contributed by atoms with van der Waals surface area (Å²) in [5, 5.41) is 0. The van der Waals surface area contributed by atoms with Gasteiger partial charge < -0.3 is 4.79 Å². The number of ketones is 1. The number of hydrogen-bond donors (Lipinski definition) is 0. The zero-order valence-electron chi connectivity index (χ0n) is 9.94. The van der Waals surface area contributed by atoms with Crippen LogP contribution in [0.15, 0.2) is 12.2 Å². The molecule has 0 saturated heterocycles. The quantitative estimate of drug-likeness (QED) is 0.533. The standard InChI is InChI=1S/C13H24O/c1-11(2)7-5-8-12(3)9-6-10-13(4)14/h12H,1,5-10H2,2-4H3. The Morgan fingerprint density at radius 3 is 2.07 bits per heavy atom. The van der Waals surface area contributed by atoms with E-state index in [1.807, 2.05) is 0 Å². The first-order valence-corrected chi connectivity index (χ1v) is 5.66. The van der Waals surface area contributed by atoms with E-state index in [9.17, 15) is 4.79 Å². The lowest BCUT2D eigenvalue weighted by molar-refractivity contribution is -0.117. The first-order chi connectivity index (χ1) is 6.52. The summed E-state index contributed by atoms with van der Waals surface area (Å²) in [4.78, 5) is 10.7. The number of carbonyl (C=O) groups excluding carboxylic acids is 1. The highest BCUT2D eigenvalue weighted by Crippen LogP contribution is 2.16. The molecule has 1 heteroatoms. The molecule has 1 atom stereocenters. The van der Waals surface area contributed by atoms with Crippen molar-refractivity contribution in [3.8, 4) is 0 Å². The van der Waals surface area contributed by atoms with Crippen molar-refractivity contribution in [3.05, 3.63) is 12.2 Å². The lowest BCUT2D eigenvalue weighted by Gasteiger charge is -2.10. The molecule has 0 aliphatic rings. The van der Waals surface area contributed by atoms with E-state index in [1.165, 1.54) is 24.8 Å². The average molecular weight is 196 g/mol. The van der Waals surface area contributed by atoms with Gasteiger partial charge in [0.05, 0.1) is 0 Å². The van der Waals surface area contributed by atoms with Gasteiger partial charge in [-0.3, -0.25) is 0 Å². The minimum absolute atomic E-state index is 0.319. The third-order valence-electron chi connectivity index (χ3n) is 2.53. The summed E-state index contributed by atoms with van der Waals surface area (Å²) < 4.78 is 0. The van der Waals surface area contributed by atoms with Crippen LogP contribution >= 0.6 is 0 Å². The number of allylic oxidation sites excluding steroid dienone is 1. The van der Waals surface area contributed by atoms with Crippen LogP contribution in [0.25, 0.3) is 0 Å². The van der Waals surface area contributed by atoms with Gasteiger partial charge in [-0.1, -0.05) is 25.3 Å². The molecule has 0 amide bonds. The molecule has 0 fully saturated rings. The summed E-state index contributed by atoms with van der Waals surface area (Å²) in [6, 6.07) is 0. The maximum absolute atomic E-state index is 10.7. The average Bonchev–Trinajstić information content (AvgIpc) is 2.02. The summed E-state index contributed by atoms with van der Waals surface area (Å²) in [5.74, 6) is 1.08. The Morgan fingerprint density at radius 1 is 1.14 bits per heavy atom. The largest absolute Gasteiger partial charge is 0.300 e. The first kappa shape index (κ1) is 13.4. The number of Topliss-reactive ketones (excluding diaryl/α,β-unsaturated/α-hetero) is 1. The number of carbonyl (C=O) groups is 1. The third-order valence-corrected chi connectivity index (χ3v) is 2.53. The molecule has 0 aliphatic heterocycles. The van der Waals surface area contributed by atoms with Gasteiger partial charge in [-0.15, -0.1) is 6.58 Å². The van der Waals surface area contributed by atoms with Gasteiger partial charge in [-0.25, -0.2) is 0 Å². The highest BCUT2D eigenvalue weighted by Gasteiger charge is 2.02. The molecule has 82 valence electrons. The molecule has 0 N–H and O–H groups in total. The summed E-state index contributed by atoms with van der Waals surface area (Å²) in [5.41, 5.74) is 1.28. The van der Waals surface area contributed by atoms with Crippen molar-refractivity contribution < 1.29 is 4.79 Å². The predicted molar refractivity (Wildman–Crippen MR) is 62.4 cm³/mol. The van der Waals surface area contributed by atoms with E-state index < -0.39 is 0 Å². The summed E-state index contributed by atoms with van der Waals surface area (Å²) >= 11 is 0. The molecule has 0 aromatic heterocycles. The van der Waals surface area contributed by atoms with Gasteiger partial charge in [0, 0.05) is 6.42 Å². The van der Waals surface area contributed by atoms with Gasteiger partial charge in [0.2, 0.25) is 0 Å². The van der Waals surface area contributed by atoms with E-state index in [0.717, 1.165) is 25.2 Å². The highest BCUT2D eigenvalue weighted by atomic mass is 16.1. The maximum Gasteiger partial charge on any atom is 0.129 e. The van der Waals surface area contributed by atoms with E-state index in [4.69, 9.17) is 0 Å². The molecule has 0 heterocycles. The molecule has 0 rings (SSSR count). The Labute approximate surface area is 88.6 Å². The topological polar surface area (TPSA) is 17.1 Å². The molecular weight excluding hydrogens is 172 g/mol. The maximum atomic E-state index is 10.7. The highest BCUT2D eigenvalue weighted by molar-refractivity contribution is 5.75. The molecule has 0 saturated carbocycles. The molecule has 0 spiro atoms. The zero-order valence-corrected chi connectivity index (χ0v) is 9.94. The van der Waals surface area contributed by atoms with E-state index >= 15 is 0 Å². The Kier molecular flexibility index (Phi) is 7.45. The molecule has 1 unspecified atom stereocenters. The van der Waals surface area contributed by atoms with Crippen molar-refractivity contribution in [2.75, 3.05) is 0 Å². The van der Waals surface area contributed by atoms with Gasteiger partial charge in [0.1, 0.15) is 5.78 Å². The van der Waals surface area contributed by atoms with Crippen molar-refractivity contribution in [1.29, 1.82) is 0 Å². The van der Waals surface area contributed by atoms with Crippen LogP contribution in [0, 0.1) is 5.92 Å². The van der Waals surface area contributed by atoms with Crippen molar-refractivity contribution in [1.82, 2.24) is 0 Å². The zero-order chi connectivity index (χ0) is 11.0. The Bertz CT molecular complexity index is 162. The van der Waals surface area contributed by atoms with Crippen molar-refractivity contribution in [2.24, 2.45) is 5.92 Å². The molecule has 0 aliphatic carbocycles. The predicted octanol–water partition coefficient (Wildman–Crippen LogP) is 4.13. The molecule has 0 aromatic carbocycles. The van der Waals surface area contributed by atoms with Gasteiger partial charge in [-0.2, -0.15) is 0 Å².